The van der Waals surface area contributed by atoms with Crippen molar-refractivity contribution in [1.29, 1.82) is 5.26 Å². The van der Waals surface area contributed by atoms with E-state index in [0.29, 0.717) is 33.6 Å². The van der Waals surface area contributed by atoms with E-state index in [0.717, 1.165) is 5.56 Å². The van der Waals surface area contributed by atoms with Crippen LogP contribution in [0.15, 0.2) is 51.7 Å². The number of fused-ring (bicyclic) bond motifs is 1. The summed E-state index contributed by atoms with van der Waals surface area (Å²) in [7, 11) is 1.56. The van der Waals surface area contributed by atoms with Crippen LogP contribution in [0.25, 0.3) is 22.3 Å². The number of nitrogens with zero attached hydrogens (tertiary/aromatic N) is 1. The van der Waals surface area contributed by atoms with Crippen LogP contribution in [-0.4, -0.2) is 7.11 Å². The van der Waals surface area contributed by atoms with Gasteiger partial charge in [0, 0.05) is 17.2 Å². The van der Waals surface area contributed by atoms with Crippen molar-refractivity contribution in [3.05, 3.63) is 63.8 Å². The van der Waals surface area contributed by atoms with Gasteiger partial charge in [-0.1, -0.05) is 0 Å². The number of nitriles is 1. The quantitative estimate of drug-likeness (QED) is 0.723. The Kier molecular flexibility index (Phi) is 3.40. The number of hydrogen-bond donors (Lipinski definition) is 0. The Morgan fingerprint density at radius 1 is 1.14 bits per heavy atom. The van der Waals surface area contributed by atoms with Gasteiger partial charge in [-0.05, 0) is 43.3 Å². The molecule has 108 valence electrons. The Balaban J connectivity index is 2.26. The molecular formula is C18H13NO3. The molecule has 0 atom stereocenters. The molecule has 3 rings (SSSR count). The Morgan fingerprint density at radius 2 is 1.86 bits per heavy atom. The number of ether oxygens (including phenoxy) is 1. The van der Waals surface area contributed by atoms with E-state index in [1.807, 2.05) is 0 Å². The third kappa shape index (κ3) is 2.23. The summed E-state index contributed by atoms with van der Waals surface area (Å²) in [6.45, 7) is 1.74. The lowest BCUT2D eigenvalue weighted by Gasteiger charge is -2.08. The predicted octanol–water partition coefficient (Wildman–Crippen LogP) is 3.65. The lowest BCUT2D eigenvalue weighted by Crippen LogP contribution is -2.07. The topological polar surface area (TPSA) is 63.2 Å². The Morgan fingerprint density at radius 3 is 2.50 bits per heavy atom. The third-order valence-electron chi connectivity index (χ3n) is 3.60. The van der Waals surface area contributed by atoms with Gasteiger partial charge in [-0.2, -0.15) is 5.26 Å². The van der Waals surface area contributed by atoms with Crippen molar-refractivity contribution < 1.29 is 9.15 Å². The molecule has 0 spiro atoms. The molecule has 2 aromatic carbocycles. The second-order valence-electron chi connectivity index (χ2n) is 4.94. The Bertz CT molecular complexity index is 947. The fraction of sp³-hybridized carbons (Fsp3) is 0.111. The molecule has 0 unspecified atom stereocenters. The standard InChI is InChI=1S/C18H13NO3/c1-11-17(20)15-8-7-14(21-2)9-16(15)22-18(11)13-5-3-12(10-19)4-6-13/h3-9H,1-2H3. The Hall–Kier alpha value is -3.06. The second-order valence-corrected chi connectivity index (χ2v) is 4.94. The highest BCUT2D eigenvalue weighted by Crippen LogP contribution is 2.27. The highest BCUT2D eigenvalue weighted by atomic mass is 16.5. The fourth-order valence-electron chi connectivity index (χ4n) is 2.36. The van der Waals surface area contributed by atoms with E-state index in [-0.39, 0.29) is 5.43 Å². The van der Waals surface area contributed by atoms with Gasteiger partial charge in [0.15, 0.2) is 5.43 Å². The maximum absolute atomic E-state index is 12.5. The van der Waals surface area contributed by atoms with Crippen molar-refractivity contribution in [2.45, 2.75) is 6.92 Å². The van der Waals surface area contributed by atoms with Crippen LogP contribution in [0.2, 0.25) is 0 Å². The van der Waals surface area contributed by atoms with Gasteiger partial charge in [0.1, 0.15) is 17.1 Å². The van der Waals surface area contributed by atoms with Crippen LogP contribution >= 0.6 is 0 Å². The molecule has 22 heavy (non-hydrogen) atoms. The summed E-state index contributed by atoms with van der Waals surface area (Å²) in [5.41, 5.74) is 2.28. The maximum Gasteiger partial charge on any atom is 0.196 e. The first-order chi connectivity index (χ1) is 10.6. The predicted molar refractivity (Wildman–Crippen MR) is 83.9 cm³/mol. The van der Waals surface area contributed by atoms with Crippen LogP contribution in [0.3, 0.4) is 0 Å². The van der Waals surface area contributed by atoms with Gasteiger partial charge in [0.2, 0.25) is 0 Å². The Labute approximate surface area is 127 Å². The second kappa shape index (κ2) is 5.38. The van der Waals surface area contributed by atoms with Gasteiger partial charge in [-0.25, -0.2) is 0 Å². The van der Waals surface area contributed by atoms with E-state index < -0.39 is 0 Å². The molecule has 0 aliphatic carbocycles. The number of rotatable bonds is 2. The van der Waals surface area contributed by atoms with Gasteiger partial charge in [-0.15, -0.1) is 0 Å². The SMILES string of the molecule is COc1ccc2c(=O)c(C)c(-c3ccc(C#N)cc3)oc2c1. The molecule has 1 aromatic heterocycles. The van der Waals surface area contributed by atoms with Crippen molar-refractivity contribution in [2.24, 2.45) is 0 Å². The fourth-order valence-corrected chi connectivity index (χ4v) is 2.36. The first-order valence-electron chi connectivity index (χ1n) is 6.76. The molecule has 0 bridgehead atoms. The maximum atomic E-state index is 12.5. The molecule has 0 radical (unpaired) electrons. The molecule has 0 aliphatic rings. The van der Waals surface area contributed by atoms with Gasteiger partial charge in [0.25, 0.3) is 0 Å². The molecule has 4 heteroatoms. The van der Waals surface area contributed by atoms with E-state index in [4.69, 9.17) is 14.4 Å². The third-order valence-corrected chi connectivity index (χ3v) is 3.60. The number of hydrogen-bond acceptors (Lipinski definition) is 4. The molecule has 3 aromatic rings. The van der Waals surface area contributed by atoms with Gasteiger partial charge < -0.3 is 9.15 Å². The van der Waals surface area contributed by atoms with Crippen LogP contribution in [0, 0.1) is 18.3 Å². The zero-order chi connectivity index (χ0) is 15.7. The summed E-state index contributed by atoms with van der Waals surface area (Å²) in [6.07, 6.45) is 0. The number of methoxy groups -OCH3 is 1. The first kappa shape index (κ1) is 13.9. The highest BCUT2D eigenvalue weighted by molar-refractivity contribution is 5.81. The normalized spacial score (nSPS) is 10.4. The van der Waals surface area contributed by atoms with Gasteiger partial charge >= 0.3 is 0 Å². The van der Waals surface area contributed by atoms with Crippen LogP contribution in [0.1, 0.15) is 11.1 Å². The van der Waals surface area contributed by atoms with Crippen molar-refractivity contribution in [1.82, 2.24) is 0 Å². The van der Waals surface area contributed by atoms with Crippen molar-refractivity contribution >= 4 is 11.0 Å². The molecule has 0 saturated carbocycles. The van der Waals surface area contributed by atoms with E-state index >= 15 is 0 Å². The van der Waals surface area contributed by atoms with Gasteiger partial charge in [0.05, 0.1) is 24.1 Å². The van der Waals surface area contributed by atoms with Crippen molar-refractivity contribution in [3.8, 4) is 23.1 Å². The average molecular weight is 291 g/mol. The summed E-state index contributed by atoms with van der Waals surface area (Å²) < 4.78 is 11.1. The minimum atomic E-state index is -0.0664. The highest BCUT2D eigenvalue weighted by Gasteiger charge is 2.13. The molecule has 0 fully saturated rings. The smallest absolute Gasteiger partial charge is 0.196 e. The van der Waals surface area contributed by atoms with Crippen molar-refractivity contribution in [3.63, 3.8) is 0 Å². The minimum Gasteiger partial charge on any atom is -0.497 e. The summed E-state index contributed by atoms with van der Waals surface area (Å²) in [5, 5.41) is 9.38. The van der Waals surface area contributed by atoms with E-state index in [1.54, 1.807) is 56.5 Å². The largest absolute Gasteiger partial charge is 0.497 e. The van der Waals surface area contributed by atoms with Crippen LogP contribution in [0.5, 0.6) is 5.75 Å². The molecular weight excluding hydrogens is 278 g/mol. The minimum absolute atomic E-state index is 0.0664. The summed E-state index contributed by atoms with van der Waals surface area (Å²) in [6, 6.07) is 14.2. The molecule has 4 nitrogen and oxygen atoms in total. The lowest BCUT2D eigenvalue weighted by molar-refractivity contribution is 0.414. The molecule has 0 amide bonds. The summed E-state index contributed by atoms with van der Waals surface area (Å²) in [5.74, 6) is 1.14. The lowest BCUT2D eigenvalue weighted by atomic mass is 10.0. The van der Waals surface area contributed by atoms with E-state index in [2.05, 4.69) is 6.07 Å². The van der Waals surface area contributed by atoms with Crippen LogP contribution < -0.4 is 10.2 Å². The molecule has 0 N–H and O–H groups in total. The first-order valence-corrected chi connectivity index (χ1v) is 6.76. The average Bonchev–Trinajstić information content (AvgIpc) is 2.57. The summed E-state index contributed by atoms with van der Waals surface area (Å²) >= 11 is 0. The number of benzene rings is 2. The van der Waals surface area contributed by atoms with Crippen molar-refractivity contribution in [2.75, 3.05) is 7.11 Å². The van der Waals surface area contributed by atoms with Crippen LogP contribution in [0.4, 0.5) is 0 Å². The molecule has 0 aliphatic heterocycles. The van der Waals surface area contributed by atoms with E-state index in [9.17, 15) is 4.79 Å². The monoisotopic (exact) mass is 291 g/mol. The zero-order valence-corrected chi connectivity index (χ0v) is 12.2. The zero-order valence-electron chi connectivity index (χ0n) is 12.2. The molecule has 1 heterocycles. The summed E-state index contributed by atoms with van der Waals surface area (Å²) in [4.78, 5) is 12.5. The van der Waals surface area contributed by atoms with Crippen LogP contribution in [-0.2, 0) is 0 Å². The van der Waals surface area contributed by atoms with Gasteiger partial charge in [-0.3, -0.25) is 4.79 Å². The van der Waals surface area contributed by atoms with E-state index in [1.165, 1.54) is 0 Å². The molecule has 0 saturated heterocycles.